The molecule has 1 aliphatic heterocycles. The first kappa shape index (κ1) is 10.5. The Hall–Kier alpha value is -2.00. The van der Waals surface area contributed by atoms with Crippen molar-refractivity contribution in [2.24, 2.45) is 5.11 Å². The van der Waals surface area contributed by atoms with E-state index in [1.165, 1.54) is 6.92 Å². The third-order valence-electron chi connectivity index (χ3n) is 2.89. The number of para-hydroxylation sites is 1. The summed E-state index contributed by atoms with van der Waals surface area (Å²) < 4.78 is 0. The van der Waals surface area contributed by atoms with Gasteiger partial charge in [0.25, 0.3) is 0 Å². The number of nitrogens with zero attached hydrogens (tertiary/aromatic N) is 4. The molecule has 82 valence electrons. The maximum absolute atomic E-state index is 11.5. The Kier molecular flexibility index (Phi) is 2.33. The number of carbonyl (C=O) groups is 1. The summed E-state index contributed by atoms with van der Waals surface area (Å²) in [6, 6.07) is 7.52. The van der Waals surface area contributed by atoms with Gasteiger partial charge in [-0.3, -0.25) is 4.79 Å². The van der Waals surface area contributed by atoms with Crippen LogP contribution in [0.5, 0.6) is 0 Å². The summed E-state index contributed by atoms with van der Waals surface area (Å²) in [6.45, 7) is 3.76. The van der Waals surface area contributed by atoms with Gasteiger partial charge < -0.3 is 4.90 Å². The first-order chi connectivity index (χ1) is 7.58. The van der Waals surface area contributed by atoms with Gasteiger partial charge in [-0.05, 0) is 24.1 Å². The van der Waals surface area contributed by atoms with Gasteiger partial charge in [0.05, 0.1) is 5.54 Å². The molecule has 5 nitrogen and oxygen atoms in total. The molecule has 0 N–H and O–H groups in total. The molecule has 0 aliphatic carbocycles. The lowest BCUT2D eigenvalue weighted by Gasteiger charge is -2.18. The molecule has 0 aromatic heterocycles. The number of carbonyl (C=O) groups excluding carboxylic acids is 1. The molecule has 0 radical (unpaired) electrons. The molecular formula is C11H12N4O. The number of benzene rings is 1. The number of fused-ring (bicyclic) bond motifs is 1. The lowest BCUT2D eigenvalue weighted by Crippen LogP contribution is -2.32. The Morgan fingerprint density at radius 2 is 2.25 bits per heavy atom. The van der Waals surface area contributed by atoms with E-state index < -0.39 is 5.54 Å². The highest BCUT2D eigenvalue weighted by atomic mass is 16.2. The molecule has 0 unspecified atom stereocenters. The molecule has 2 rings (SSSR count). The highest BCUT2D eigenvalue weighted by Crippen LogP contribution is 2.41. The fraction of sp³-hybridized carbons (Fsp3) is 0.364. The number of hydrogen-bond acceptors (Lipinski definition) is 2. The van der Waals surface area contributed by atoms with E-state index in [2.05, 4.69) is 10.0 Å². The Balaban J connectivity index is 2.59. The molecule has 0 bridgehead atoms. The van der Waals surface area contributed by atoms with E-state index in [1.54, 1.807) is 4.90 Å². The third kappa shape index (κ3) is 1.42. The van der Waals surface area contributed by atoms with Crippen molar-refractivity contribution in [1.29, 1.82) is 0 Å². The minimum absolute atomic E-state index is 0.0377. The average Bonchev–Trinajstić information content (AvgIpc) is 2.54. The van der Waals surface area contributed by atoms with Crippen LogP contribution in [0.3, 0.4) is 0 Å². The third-order valence-corrected chi connectivity index (χ3v) is 2.89. The van der Waals surface area contributed by atoms with Crippen molar-refractivity contribution in [3.05, 3.63) is 40.3 Å². The maximum atomic E-state index is 11.5. The molecule has 0 saturated carbocycles. The standard InChI is InChI=1S/C11H12N4O/c1-8(16)15-7-11(2,13-14-12)9-5-3-4-6-10(9)15/h3-6H,7H2,1-2H3/t11-/m0/s1. The lowest BCUT2D eigenvalue weighted by molar-refractivity contribution is -0.116. The van der Waals surface area contributed by atoms with Crippen LogP contribution >= 0.6 is 0 Å². The van der Waals surface area contributed by atoms with Crippen molar-refractivity contribution in [2.45, 2.75) is 19.4 Å². The summed E-state index contributed by atoms with van der Waals surface area (Å²) in [5, 5.41) is 3.82. The zero-order valence-electron chi connectivity index (χ0n) is 9.21. The van der Waals surface area contributed by atoms with Crippen molar-refractivity contribution in [2.75, 3.05) is 11.4 Å². The summed E-state index contributed by atoms with van der Waals surface area (Å²) in [6.07, 6.45) is 0. The molecule has 1 aliphatic rings. The van der Waals surface area contributed by atoms with Crippen molar-refractivity contribution >= 4 is 11.6 Å². The van der Waals surface area contributed by atoms with Crippen LogP contribution < -0.4 is 4.90 Å². The van der Waals surface area contributed by atoms with Crippen LogP contribution in [0.15, 0.2) is 29.4 Å². The second kappa shape index (κ2) is 3.54. The van der Waals surface area contributed by atoms with Gasteiger partial charge in [0.2, 0.25) is 5.91 Å². The fourth-order valence-electron chi connectivity index (χ4n) is 2.11. The fourth-order valence-corrected chi connectivity index (χ4v) is 2.11. The van der Waals surface area contributed by atoms with Gasteiger partial charge in [-0.15, -0.1) is 0 Å². The largest absolute Gasteiger partial charge is 0.311 e. The summed E-state index contributed by atoms with van der Waals surface area (Å²) in [5.41, 5.74) is 9.68. The number of azide groups is 1. The van der Waals surface area contributed by atoms with Gasteiger partial charge in [-0.2, -0.15) is 0 Å². The lowest BCUT2D eigenvalue weighted by atomic mass is 9.96. The van der Waals surface area contributed by atoms with Crippen LogP contribution in [0.4, 0.5) is 5.69 Å². The van der Waals surface area contributed by atoms with E-state index in [0.717, 1.165) is 11.3 Å². The van der Waals surface area contributed by atoms with E-state index >= 15 is 0 Å². The zero-order valence-corrected chi connectivity index (χ0v) is 9.21. The molecule has 0 spiro atoms. The molecule has 5 heteroatoms. The Morgan fingerprint density at radius 3 is 2.88 bits per heavy atom. The Labute approximate surface area is 93.3 Å². The molecule has 16 heavy (non-hydrogen) atoms. The van der Waals surface area contributed by atoms with Gasteiger partial charge in [0.15, 0.2) is 0 Å². The predicted molar refractivity (Wildman–Crippen MR) is 61.0 cm³/mol. The number of anilines is 1. The van der Waals surface area contributed by atoms with Gasteiger partial charge in [0.1, 0.15) is 0 Å². The van der Waals surface area contributed by atoms with Crippen LogP contribution in [0, 0.1) is 0 Å². The smallest absolute Gasteiger partial charge is 0.223 e. The summed E-state index contributed by atoms with van der Waals surface area (Å²) in [4.78, 5) is 16.0. The minimum atomic E-state index is -0.656. The first-order valence-corrected chi connectivity index (χ1v) is 5.02. The maximum Gasteiger partial charge on any atom is 0.223 e. The molecule has 1 amide bonds. The van der Waals surface area contributed by atoms with E-state index in [9.17, 15) is 4.79 Å². The van der Waals surface area contributed by atoms with Gasteiger partial charge in [-0.25, -0.2) is 0 Å². The van der Waals surface area contributed by atoms with Crippen molar-refractivity contribution < 1.29 is 4.79 Å². The second-order valence-corrected chi connectivity index (χ2v) is 4.09. The summed E-state index contributed by atoms with van der Waals surface area (Å²) in [7, 11) is 0. The normalized spacial score (nSPS) is 22.5. The topological polar surface area (TPSA) is 69.1 Å². The van der Waals surface area contributed by atoms with Crippen LogP contribution in [-0.2, 0) is 10.3 Å². The van der Waals surface area contributed by atoms with Crippen molar-refractivity contribution in [3.8, 4) is 0 Å². The quantitative estimate of drug-likeness (QED) is 0.404. The van der Waals surface area contributed by atoms with E-state index in [0.29, 0.717) is 6.54 Å². The summed E-state index contributed by atoms with van der Waals surface area (Å²) >= 11 is 0. The Morgan fingerprint density at radius 1 is 1.56 bits per heavy atom. The SMILES string of the molecule is CC(=O)N1C[C@](C)(N=[N+]=[N-])c2ccccc21. The van der Waals surface area contributed by atoms with Gasteiger partial charge in [-0.1, -0.05) is 23.3 Å². The number of rotatable bonds is 1. The highest BCUT2D eigenvalue weighted by Gasteiger charge is 2.39. The van der Waals surface area contributed by atoms with Crippen molar-refractivity contribution in [3.63, 3.8) is 0 Å². The average molecular weight is 216 g/mol. The molecular weight excluding hydrogens is 204 g/mol. The van der Waals surface area contributed by atoms with Crippen molar-refractivity contribution in [1.82, 2.24) is 0 Å². The van der Waals surface area contributed by atoms with Crippen LogP contribution in [0.25, 0.3) is 10.4 Å². The predicted octanol–water partition coefficient (Wildman–Crippen LogP) is 2.58. The zero-order chi connectivity index (χ0) is 11.8. The Bertz CT molecular complexity index is 493. The summed E-state index contributed by atoms with van der Waals surface area (Å²) in [5.74, 6) is -0.0377. The molecule has 0 saturated heterocycles. The van der Waals surface area contributed by atoms with Gasteiger partial charge in [0, 0.05) is 24.1 Å². The monoisotopic (exact) mass is 216 g/mol. The van der Waals surface area contributed by atoms with Gasteiger partial charge >= 0.3 is 0 Å². The number of hydrogen-bond donors (Lipinski definition) is 0. The van der Waals surface area contributed by atoms with E-state index in [4.69, 9.17) is 5.53 Å². The molecule has 1 aromatic rings. The molecule has 1 aromatic carbocycles. The van der Waals surface area contributed by atoms with Crippen LogP contribution in [-0.4, -0.2) is 12.5 Å². The molecule has 1 heterocycles. The van der Waals surface area contributed by atoms with E-state index in [1.807, 2.05) is 31.2 Å². The second-order valence-electron chi connectivity index (χ2n) is 4.09. The van der Waals surface area contributed by atoms with E-state index in [-0.39, 0.29) is 5.91 Å². The first-order valence-electron chi connectivity index (χ1n) is 5.02. The van der Waals surface area contributed by atoms with Crippen LogP contribution in [0.1, 0.15) is 19.4 Å². The molecule has 0 fully saturated rings. The molecule has 1 atom stereocenters. The highest BCUT2D eigenvalue weighted by molar-refractivity contribution is 5.94. The van der Waals surface area contributed by atoms with Crippen LogP contribution in [0.2, 0.25) is 0 Å². The number of amides is 1. The minimum Gasteiger partial charge on any atom is -0.311 e.